The number of halogens is 1. The molecule has 0 N–H and O–H groups in total. The average Bonchev–Trinajstić information content (AvgIpc) is 2.36. The minimum absolute atomic E-state index is 0.607. The Balaban J connectivity index is 2.69. The van der Waals surface area contributed by atoms with E-state index in [1.807, 2.05) is 30.3 Å². The zero-order valence-corrected chi connectivity index (χ0v) is 11.7. The number of rotatable bonds is 3. The highest BCUT2D eigenvalue weighted by molar-refractivity contribution is 14.1. The summed E-state index contributed by atoms with van der Waals surface area (Å²) in [4.78, 5) is 0. The van der Waals surface area contributed by atoms with Gasteiger partial charge in [-0.25, -0.2) is 0 Å². The van der Waals surface area contributed by atoms with Crippen molar-refractivity contribution in [1.82, 2.24) is 0 Å². The van der Waals surface area contributed by atoms with E-state index >= 15 is 0 Å². The SMILES string of the molecule is CCCOc1c(C#N)ccc2cccc(I)c12. The Labute approximate surface area is 114 Å². The molecule has 0 aromatic heterocycles. The van der Waals surface area contributed by atoms with Crippen molar-refractivity contribution in [2.24, 2.45) is 0 Å². The van der Waals surface area contributed by atoms with Gasteiger partial charge < -0.3 is 4.74 Å². The van der Waals surface area contributed by atoms with Gasteiger partial charge in [0.1, 0.15) is 11.8 Å². The largest absolute Gasteiger partial charge is 0.492 e. The standard InChI is InChI=1S/C14H12INO/c1-2-8-17-14-11(9-16)7-6-10-4-3-5-12(15)13(10)14/h3-7H,2,8H2,1H3. The lowest BCUT2D eigenvalue weighted by atomic mass is 10.1. The van der Waals surface area contributed by atoms with Crippen LogP contribution in [0.15, 0.2) is 30.3 Å². The molecule has 0 saturated heterocycles. The van der Waals surface area contributed by atoms with E-state index in [2.05, 4.69) is 35.6 Å². The summed E-state index contributed by atoms with van der Waals surface area (Å²) >= 11 is 2.28. The molecule has 86 valence electrons. The van der Waals surface area contributed by atoms with Crippen molar-refractivity contribution in [3.8, 4) is 11.8 Å². The molecule has 0 heterocycles. The second kappa shape index (κ2) is 5.37. The van der Waals surface area contributed by atoms with E-state index in [0.717, 1.165) is 26.5 Å². The van der Waals surface area contributed by atoms with Crippen molar-refractivity contribution in [2.45, 2.75) is 13.3 Å². The lowest BCUT2D eigenvalue weighted by Crippen LogP contribution is -1.99. The molecule has 0 atom stereocenters. The number of hydrogen-bond acceptors (Lipinski definition) is 2. The summed E-state index contributed by atoms with van der Waals surface area (Å²) in [7, 11) is 0. The summed E-state index contributed by atoms with van der Waals surface area (Å²) in [6.45, 7) is 2.70. The monoisotopic (exact) mass is 337 g/mol. The summed E-state index contributed by atoms with van der Waals surface area (Å²) in [5.41, 5.74) is 0.607. The van der Waals surface area contributed by atoms with Crippen LogP contribution < -0.4 is 4.74 Å². The molecule has 3 heteroatoms. The molecule has 0 unspecified atom stereocenters. The van der Waals surface area contributed by atoms with Crippen LogP contribution in [0.4, 0.5) is 0 Å². The highest BCUT2D eigenvalue weighted by atomic mass is 127. The molecule has 0 aliphatic heterocycles. The van der Waals surface area contributed by atoms with Gasteiger partial charge in [0.15, 0.2) is 0 Å². The van der Waals surface area contributed by atoms with Crippen molar-refractivity contribution in [3.05, 3.63) is 39.5 Å². The second-order valence-electron chi connectivity index (χ2n) is 3.74. The molecule has 2 aromatic rings. The van der Waals surface area contributed by atoms with Gasteiger partial charge in [0.25, 0.3) is 0 Å². The number of nitrogens with zero attached hydrogens (tertiary/aromatic N) is 1. The molecule has 0 spiro atoms. The Morgan fingerprint density at radius 2 is 2.12 bits per heavy atom. The van der Waals surface area contributed by atoms with E-state index in [9.17, 15) is 0 Å². The molecule has 0 fully saturated rings. The van der Waals surface area contributed by atoms with Crippen LogP contribution in [-0.2, 0) is 0 Å². The average molecular weight is 337 g/mol. The van der Waals surface area contributed by atoms with Gasteiger partial charge in [-0.1, -0.05) is 25.1 Å². The fourth-order valence-electron chi connectivity index (χ4n) is 1.74. The van der Waals surface area contributed by atoms with E-state index in [4.69, 9.17) is 10.00 Å². The molecule has 0 aliphatic rings. The Hall–Kier alpha value is -1.28. The number of hydrogen-bond donors (Lipinski definition) is 0. The van der Waals surface area contributed by atoms with Crippen LogP contribution in [-0.4, -0.2) is 6.61 Å². The van der Waals surface area contributed by atoms with Crippen LogP contribution >= 0.6 is 22.6 Å². The van der Waals surface area contributed by atoms with Crippen LogP contribution in [0, 0.1) is 14.9 Å². The third kappa shape index (κ3) is 2.37. The third-order valence-corrected chi connectivity index (χ3v) is 3.42. The second-order valence-corrected chi connectivity index (χ2v) is 4.90. The van der Waals surface area contributed by atoms with Crippen LogP contribution in [0.5, 0.6) is 5.75 Å². The summed E-state index contributed by atoms with van der Waals surface area (Å²) in [5, 5.41) is 11.3. The zero-order valence-electron chi connectivity index (χ0n) is 9.53. The lowest BCUT2D eigenvalue weighted by Gasteiger charge is -2.11. The highest BCUT2D eigenvalue weighted by Gasteiger charge is 2.11. The van der Waals surface area contributed by atoms with Crippen LogP contribution in [0.3, 0.4) is 0 Å². The number of fused-ring (bicyclic) bond motifs is 1. The van der Waals surface area contributed by atoms with Crippen molar-refractivity contribution >= 4 is 33.4 Å². The van der Waals surface area contributed by atoms with Gasteiger partial charge in [-0.15, -0.1) is 0 Å². The normalized spacial score (nSPS) is 10.2. The Bertz CT molecular complexity index is 587. The zero-order chi connectivity index (χ0) is 12.3. The van der Waals surface area contributed by atoms with E-state index in [1.165, 1.54) is 0 Å². The van der Waals surface area contributed by atoms with Gasteiger partial charge in [0, 0.05) is 8.96 Å². The molecule has 2 nitrogen and oxygen atoms in total. The number of ether oxygens (including phenoxy) is 1. The van der Waals surface area contributed by atoms with Gasteiger partial charge in [0.2, 0.25) is 0 Å². The van der Waals surface area contributed by atoms with Crippen LogP contribution in [0.25, 0.3) is 10.8 Å². The van der Waals surface area contributed by atoms with Gasteiger partial charge in [0.05, 0.1) is 12.2 Å². The molecule has 0 radical (unpaired) electrons. The predicted octanol–water partition coefficient (Wildman–Crippen LogP) is 4.10. The Kier molecular flexibility index (Phi) is 3.85. The summed E-state index contributed by atoms with van der Waals surface area (Å²) < 4.78 is 6.86. The van der Waals surface area contributed by atoms with E-state index in [0.29, 0.717) is 12.2 Å². The van der Waals surface area contributed by atoms with E-state index in [1.54, 1.807) is 0 Å². The fourth-order valence-corrected chi connectivity index (χ4v) is 2.51. The van der Waals surface area contributed by atoms with Gasteiger partial charge in [-0.05, 0) is 46.5 Å². The third-order valence-electron chi connectivity index (χ3n) is 2.52. The molecular weight excluding hydrogens is 325 g/mol. The summed E-state index contributed by atoms with van der Waals surface area (Å²) in [6.07, 6.45) is 0.935. The van der Waals surface area contributed by atoms with Crippen LogP contribution in [0.1, 0.15) is 18.9 Å². The summed E-state index contributed by atoms with van der Waals surface area (Å²) in [6, 6.07) is 12.1. The van der Waals surface area contributed by atoms with E-state index < -0.39 is 0 Å². The Morgan fingerprint density at radius 3 is 2.82 bits per heavy atom. The minimum atomic E-state index is 0.607. The van der Waals surface area contributed by atoms with Crippen molar-refractivity contribution in [1.29, 1.82) is 5.26 Å². The van der Waals surface area contributed by atoms with Gasteiger partial charge in [-0.2, -0.15) is 5.26 Å². The van der Waals surface area contributed by atoms with Gasteiger partial charge in [-0.3, -0.25) is 0 Å². The maximum atomic E-state index is 9.14. The number of benzene rings is 2. The smallest absolute Gasteiger partial charge is 0.145 e. The maximum Gasteiger partial charge on any atom is 0.145 e. The number of nitriles is 1. The minimum Gasteiger partial charge on any atom is -0.492 e. The lowest BCUT2D eigenvalue weighted by molar-refractivity contribution is 0.320. The molecule has 2 rings (SSSR count). The molecular formula is C14H12INO. The topological polar surface area (TPSA) is 33.0 Å². The molecule has 0 aliphatic carbocycles. The maximum absolute atomic E-state index is 9.14. The van der Waals surface area contributed by atoms with Crippen LogP contribution in [0.2, 0.25) is 0 Å². The first-order valence-corrected chi connectivity index (χ1v) is 6.60. The Morgan fingerprint density at radius 1 is 1.29 bits per heavy atom. The quantitative estimate of drug-likeness (QED) is 0.790. The van der Waals surface area contributed by atoms with Crippen molar-refractivity contribution < 1.29 is 4.74 Å². The molecule has 17 heavy (non-hydrogen) atoms. The first-order valence-electron chi connectivity index (χ1n) is 5.52. The predicted molar refractivity (Wildman–Crippen MR) is 77.2 cm³/mol. The molecule has 0 amide bonds. The first kappa shape index (κ1) is 12.2. The summed E-state index contributed by atoms with van der Waals surface area (Å²) in [5.74, 6) is 0.719. The highest BCUT2D eigenvalue weighted by Crippen LogP contribution is 2.33. The first-order chi connectivity index (χ1) is 8.27. The van der Waals surface area contributed by atoms with Gasteiger partial charge >= 0.3 is 0 Å². The van der Waals surface area contributed by atoms with Crippen molar-refractivity contribution in [2.75, 3.05) is 6.61 Å². The van der Waals surface area contributed by atoms with Crippen molar-refractivity contribution in [3.63, 3.8) is 0 Å². The fraction of sp³-hybridized carbons (Fsp3) is 0.214. The molecule has 0 saturated carbocycles. The molecule has 0 bridgehead atoms. The van der Waals surface area contributed by atoms with E-state index in [-0.39, 0.29) is 0 Å². The molecule has 2 aromatic carbocycles.